The highest BCUT2D eigenvalue weighted by molar-refractivity contribution is 7.89. The summed E-state index contributed by atoms with van der Waals surface area (Å²) in [5.41, 5.74) is -4.82. The van der Waals surface area contributed by atoms with Gasteiger partial charge in [0.15, 0.2) is 0 Å². The highest BCUT2D eigenvalue weighted by atomic mass is 35.5. The first-order valence-corrected chi connectivity index (χ1v) is 10.4. The van der Waals surface area contributed by atoms with Crippen LogP contribution in [0.25, 0.3) is 0 Å². The van der Waals surface area contributed by atoms with E-state index in [0.29, 0.717) is 0 Å². The first-order chi connectivity index (χ1) is 12.1. The number of rotatable bonds is 4. The molecule has 2 rings (SSSR count). The molecule has 0 unspecified atom stereocenters. The highest BCUT2D eigenvalue weighted by Crippen LogP contribution is 2.52. The molecule has 156 valence electrons. The van der Waals surface area contributed by atoms with Gasteiger partial charge in [-0.3, -0.25) is 0 Å². The van der Waals surface area contributed by atoms with E-state index < -0.39 is 52.8 Å². The Balaban J connectivity index is 2.17. The van der Waals surface area contributed by atoms with E-state index in [1.165, 1.54) is 18.5 Å². The Morgan fingerprint density at radius 3 is 1.96 bits per heavy atom. The molecule has 1 aliphatic carbocycles. The van der Waals surface area contributed by atoms with Gasteiger partial charge in [-0.05, 0) is 31.7 Å². The van der Waals surface area contributed by atoms with Crippen molar-refractivity contribution in [3.63, 3.8) is 0 Å². The molecule has 0 aliphatic heterocycles. The van der Waals surface area contributed by atoms with Crippen LogP contribution in [0.4, 0.5) is 26.3 Å². The van der Waals surface area contributed by atoms with Crippen LogP contribution in [0.5, 0.6) is 0 Å². The first kappa shape index (κ1) is 22.7. The van der Waals surface area contributed by atoms with Crippen LogP contribution in [-0.2, 0) is 10.0 Å². The Bertz CT molecular complexity index is 755. The van der Waals surface area contributed by atoms with E-state index in [-0.39, 0.29) is 22.1 Å². The fourth-order valence-electron chi connectivity index (χ4n) is 3.27. The van der Waals surface area contributed by atoms with Gasteiger partial charge in [0.05, 0.1) is 9.23 Å². The lowest BCUT2D eigenvalue weighted by molar-refractivity contribution is -0.387. The Labute approximate surface area is 160 Å². The average Bonchev–Trinajstić information content (AvgIpc) is 2.98. The zero-order valence-electron chi connectivity index (χ0n) is 13.8. The maximum Gasteiger partial charge on any atom is 0.426 e. The van der Waals surface area contributed by atoms with Gasteiger partial charge in [-0.1, -0.05) is 11.6 Å². The van der Waals surface area contributed by atoms with Crippen LogP contribution in [0.3, 0.4) is 0 Å². The van der Waals surface area contributed by atoms with Crippen LogP contribution in [0, 0.1) is 5.92 Å². The molecule has 0 aromatic carbocycles. The van der Waals surface area contributed by atoms with E-state index in [2.05, 4.69) is 0 Å². The van der Waals surface area contributed by atoms with Crippen LogP contribution in [0.2, 0.25) is 4.34 Å². The molecule has 1 saturated carbocycles. The van der Waals surface area contributed by atoms with E-state index in [1.54, 1.807) is 0 Å². The van der Waals surface area contributed by atoms with Gasteiger partial charge < -0.3 is 5.11 Å². The SMILES string of the molecule is CN(C1CCC(C(O)(C(F)(F)F)C(F)(F)F)CC1)S(=O)(=O)c1csc(Cl)c1. The summed E-state index contributed by atoms with van der Waals surface area (Å²) in [4.78, 5) is -0.0933. The molecule has 0 spiro atoms. The van der Waals surface area contributed by atoms with Crippen molar-refractivity contribution in [2.24, 2.45) is 5.92 Å². The fourth-order valence-corrected chi connectivity index (χ4v) is 5.99. The van der Waals surface area contributed by atoms with Gasteiger partial charge >= 0.3 is 12.4 Å². The highest BCUT2D eigenvalue weighted by Gasteiger charge is 2.73. The van der Waals surface area contributed by atoms with Crippen molar-refractivity contribution in [2.75, 3.05) is 7.05 Å². The summed E-state index contributed by atoms with van der Waals surface area (Å²) in [6, 6.07) is 0.436. The van der Waals surface area contributed by atoms with Crippen LogP contribution in [0.15, 0.2) is 16.3 Å². The Kier molecular flexibility index (Phi) is 6.19. The number of hydrogen-bond donors (Lipinski definition) is 1. The predicted molar refractivity (Wildman–Crippen MR) is 87.1 cm³/mol. The molecule has 4 nitrogen and oxygen atoms in total. The summed E-state index contributed by atoms with van der Waals surface area (Å²) in [7, 11) is -2.76. The van der Waals surface area contributed by atoms with Crippen molar-refractivity contribution in [2.45, 2.75) is 54.6 Å². The third kappa shape index (κ3) is 4.09. The molecule has 0 radical (unpaired) electrons. The number of thiophene rings is 1. The third-order valence-corrected chi connectivity index (χ3v) is 8.01. The monoisotopic (exact) mass is 459 g/mol. The van der Waals surface area contributed by atoms with Crippen molar-refractivity contribution in [1.29, 1.82) is 0 Å². The Morgan fingerprint density at radius 1 is 1.11 bits per heavy atom. The maximum absolute atomic E-state index is 13.0. The fraction of sp³-hybridized carbons (Fsp3) is 0.714. The molecule has 1 aromatic rings. The predicted octanol–water partition coefficient (Wildman–Crippen LogP) is 4.44. The first-order valence-electron chi connectivity index (χ1n) is 7.70. The van der Waals surface area contributed by atoms with Crippen molar-refractivity contribution in [3.8, 4) is 0 Å². The van der Waals surface area contributed by atoms with Gasteiger partial charge in [-0.15, -0.1) is 11.3 Å². The van der Waals surface area contributed by atoms with Crippen LogP contribution >= 0.6 is 22.9 Å². The van der Waals surface area contributed by atoms with Crippen LogP contribution < -0.4 is 0 Å². The van der Waals surface area contributed by atoms with Crippen molar-refractivity contribution in [3.05, 3.63) is 15.8 Å². The van der Waals surface area contributed by atoms with Gasteiger partial charge in [0.25, 0.3) is 5.60 Å². The summed E-state index contributed by atoms with van der Waals surface area (Å²) < 4.78 is 104. The molecule has 0 atom stereocenters. The number of hydrogen-bond acceptors (Lipinski definition) is 4. The van der Waals surface area contributed by atoms with Crippen LogP contribution in [0.1, 0.15) is 25.7 Å². The number of alkyl halides is 6. The van der Waals surface area contributed by atoms with E-state index in [0.717, 1.165) is 15.6 Å². The van der Waals surface area contributed by atoms with E-state index in [4.69, 9.17) is 11.6 Å². The lowest BCUT2D eigenvalue weighted by Crippen LogP contribution is -2.62. The third-order valence-electron chi connectivity index (χ3n) is 4.89. The van der Waals surface area contributed by atoms with Crippen molar-refractivity contribution < 1.29 is 39.9 Å². The maximum atomic E-state index is 13.0. The summed E-state index contributed by atoms with van der Waals surface area (Å²) in [5, 5.41) is 10.8. The second-order valence-corrected chi connectivity index (χ2v) is 9.92. The summed E-state index contributed by atoms with van der Waals surface area (Å²) in [5.74, 6) is -2.10. The molecule has 27 heavy (non-hydrogen) atoms. The topological polar surface area (TPSA) is 57.6 Å². The van der Waals surface area contributed by atoms with Gasteiger partial charge in [0.2, 0.25) is 10.0 Å². The Hall–Kier alpha value is -0.560. The van der Waals surface area contributed by atoms with Gasteiger partial charge in [-0.25, -0.2) is 8.42 Å². The standard InChI is InChI=1S/C14H16ClF6NO3S2/c1-22(27(24,25)10-6-11(15)26-7-10)9-4-2-8(3-5-9)12(23,13(16,17)18)14(19,20)21/h6-9,23H,2-5H2,1H3. The molecular formula is C14H16ClF6NO3S2. The zero-order valence-corrected chi connectivity index (χ0v) is 16.2. The van der Waals surface area contributed by atoms with E-state index in [9.17, 15) is 39.9 Å². The molecule has 1 N–H and O–H groups in total. The minimum atomic E-state index is -5.88. The average molecular weight is 460 g/mol. The van der Waals surface area contributed by atoms with E-state index in [1.807, 2.05) is 0 Å². The minimum absolute atomic E-state index is 0.0933. The molecule has 0 bridgehead atoms. The summed E-state index contributed by atoms with van der Waals surface area (Å²) >= 11 is 6.69. The zero-order chi connectivity index (χ0) is 20.8. The molecule has 13 heteroatoms. The number of sulfonamides is 1. The number of aliphatic hydroxyl groups is 1. The number of nitrogens with zero attached hydrogens (tertiary/aromatic N) is 1. The van der Waals surface area contributed by atoms with Crippen molar-refractivity contribution in [1.82, 2.24) is 4.31 Å². The molecule has 1 aromatic heterocycles. The summed E-state index contributed by atoms with van der Waals surface area (Å²) in [6.45, 7) is 0. The van der Waals surface area contributed by atoms with Crippen LogP contribution in [-0.4, -0.2) is 48.9 Å². The Morgan fingerprint density at radius 2 is 1.59 bits per heavy atom. The summed E-state index contributed by atoms with van der Waals surface area (Å²) in [6.07, 6.45) is -13.5. The second kappa shape index (κ2) is 7.36. The van der Waals surface area contributed by atoms with Gasteiger partial charge in [-0.2, -0.15) is 30.6 Å². The quantitative estimate of drug-likeness (QED) is 0.677. The van der Waals surface area contributed by atoms with E-state index >= 15 is 0 Å². The number of halogens is 7. The second-order valence-electron chi connectivity index (χ2n) is 6.38. The molecule has 0 saturated heterocycles. The normalized spacial score (nSPS) is 23.0. The van der Waals surface area contributed by atoms with Gasteiger partial charge in [0, 0.05) is 24.4 Å². The lowest BCUT2D eigenvalue weighted by atomic mass is 9.74. The lowest BCUT2D eigenvalue weighted by Gasteiger charge is -2.43. The smallest absolute Gasteiger partial charge is 0.373 e. The molecule has 1 fully saturated rings. The van der Waals surface area contributed by atoms with Crippen molar-refractivity contribution >= 4 is 33.0 Å². The largest absolute Gasteiger partial charge is 0.426 e. The minimum Gasteiger partial charge on any atom is -0.373 e. The molecule has 1 aliphatic rings. The molecule has 0 amide bonds. The van der Waals surface area contributed by atoms with Gasteiger partial charge in [0.1, 0.15) is 0 Å². The molecule has 1 heterocycles. The molecular weight excluding hydrogens is 444 g/mol.